The average molecular weight is 234 g/mol. The molecule has 0 aliphatic rings. The lowest BCUT2D eigenvalue weighted by Crippen LogP contribution is -1.90. The van der Waals surface area contributed by atoms with Crippen LogP contribution in [0.25, 0.3) is 5.57 Å². The van der Waals surface area contributed by atoms with Crippen LogP contribution in [0.4, 0.5) is 0 Å². The van der Waals surface area contributed by atoms with Crippen molar-refractivity contribution in [3.63, 3.8) is 0 Å². The Kier molecular flexibility index (Phi) is 4.54. The molecule has 0 bridgehead atoms. The Hall–Kier alpha value is -2.08. The molecule has 0 fully saturated rings. The summed E-state index contributed by atoms with van der Waals surface area (Å²) in [4.78, 5) is 0. The topological polar surface area (TPSA) is 0 Å². The molecule has 2 rings (SSSR count). The molecule has 0 radical (unpaired) electrons. The first-order valence-corrected chi connectivity index (χ1v) is 6.31. The maximum absolute atomic E-state index is 2.20. The van der Waals surface area contributed by atoms with Crippen LogP contribution in [0.1, 0.15) is 18.1 Å². The number of rotatable bonds is 4. The molecule has 0 spiro atoms. The Morgan fingerprint density at radius 3 is 2.11 bits per heavy atom. The predicted molar refractivity (Wildman–Crippen MR) is 79.4 cm³/mol. The van der Waals surface area contributed by atoms with Gasteiger partial charge in [-0.05, 0) is 30.0 Å². The molecule has 2 aromatic carbocycles. The summed E-state index contributed by atoms with van der Waals surface area (Å²) in [5.41, 5.74) is 3.98. The third-order valence-corrected chi connectivity index (χ3v) is 2.87. The van der Waals surface area contributed by atoms with Crippen LogP contribution in [-0.2, 0) is 6.42 Å². The lowest BCUT2D eigenvalue weighted by Gasteiger charge is -2.07. The van der Waals surface area contributed by atoms with Crippen molar-refractivity contribution < 1.29 is 0 Å². The van der Waals surface area contributed by atoms with Crippen molar-refractivity contribution in [2.24, 2.45) is 0 Å². The van der Waals surface area contributed by atoms with E-state index >= 15 is 0 Å². The highest BCUT2D eigenvalue weighted by atomic mass is 14.1. The number of hydrogen-bond donors (Lipinski definition) is 0. The van der Waals surface area contributed by atoms with Gasteiger partial charge in [-0.25, -0.2) is 0 Å². The molecule has 0 aromatic heterocycles. The molecule has 0 heteroatoms. The van der Waals surface area contributed by atoms with Crippen molar-refractivity contribution in [3.05, 3.63) is 90.0 Å². The third kappa shape index (κ3) is 3.46. The molecule has 0 amide bonds. The largest absolute Gasteiger partial charge is 0.0877 e. The van der Waals surface area contributed by atoms with Gasteiger partial charge in [0, 0.05) is 0 Å². The second-order valence-electron chi connectivity index (χ2n) is 4.25. The zero-order chi connectivity index (χ0) is 12.6. The van der Waals surface area contributed by atoms with Crippen LogP contribution in [0.5, 0.6) is 0 Å². The lowest BCUT2D eigenvalue weighted by molar-refractivity contribution is 1.28. The lowest BCUT2D eigenvalue weighted by atomic mass is 9.98. The molecular weight excluding hydrogens is 216 g/mol. The standard InChI is InChI=1S/C18H18/c1-2-3-12-18(17-13-8-5-9-14-17)15-16-10-6-4-7-11-16/h2-14H,15H2,1H3/b3-2+,18-12-. The minimum Gasteiger partial charge on any atom is -0.0877 e. The summed E-state index contributed by atoms with van der Waals surface area (Å²) < 4.78 is 0. The second kappa shape index (κ2) is 6.61. The van der Waals surface area contributed by atoms with Crippen molar-refractivity contribution >= 4 is 5.57 Å². The Bertz CT molecular complexity index is 518. The van der Waals surface area contributed by atoms with Gasteiger partial charge in [0.25, 0.3) is 0 Å². The van der Waals surface area contributed by atoms with E-state index in [9.17, 15) is 0 Å². The fourth-order valence-electron chi connectivity index (χ4n) is 1.94. The van der Waals surface area contributed by atoms with E-state index in [1.807, 2.05) is 6.92 Å². The first-order valence-electron chi connectivity index (χ1n) is 6.31. The number of hydrogen-bond acceptors (Lipinski definition) is 0. The highest BCUT2D eigenvalue weighted by molar-refractivity contribution is 5.69. The number of allylic oxidation sites excluding steroid dienone is 4. The summed E-state index contributed by atoms with van der Waals surface area (Å²) in [5, 5.41) is 0. The summed E-state index contributed by atoms with van der Waals surface area (Å²) in [6.45, 7) is 2.04. The van der Waals surface area contributed by atoms with Crippen LogP contribution >= 0.6 is 0 Å². The van der Waals surface area contributed by atoms with Gasteiger partial charge in [0.2, 0.25) is 0 Å². The molecule has 0 unspecified atom stereocenters. The van der Waals surface area contributed by atoms with E-state index in [2.05, 4.69) is 78.9 Å². The third-order valence-electron chi connectivity index (χ3n) is 2.87. The van der Waals surface area contributed by atoms with Crippen LogP contribution in [-0.4, -0.2) is 0 Å². The Balaban J connectivity index is 2.27. The van der Waals surface area contributed by atoms with Crippen molar-refractivity contribution in [2.75, 3.05) is 0 Å². The van der Waals surface area contributed by atoms with Crippen LogP contribution in [0.2, 0.25) is 0 Å². The molecule has 0 atom stereocenters. The fourth-order valence-corrected chi connectivity index (χ4v) is 1.94. The van der Waals surface area contributed by atoms with Crippen molar-refractivity contribution in [1.29, 1.82) is 0 Å². The van der Waals surface area contributed by atoms with Gasteiger partial charge in [0.05, 0.1) is 0 Å². The summed E-state index contributed by atoms with van der Waals surface area (Å²) in [6.07, 6.45) is 7.33. The molecule has 0 heterocycles. The average Bonchev–Trinajstić information content (AvgIpc) is 2.45. The van der Waals surface area contributed by atoms with Crippen molar-refractivity contribution in [1.82, 2.24) is 0 Å². The molecule has 0 aliphatic carbocycles. The maximum atomic E-state index is 2.20. The molecule has 90 valence electrons. The van der Waals surface area contributed by atoms with Gasteiger partial charge in [-0.2, -0.15) is 0 Å². The Morgan fingerprint density at radius 2 is 1.50 bits per heavy atom. The number of benzene rings is 2. The van der Waals surface area contributed by atoms with E-state index in [1.54, 1.807) is 0 Å². The van der Waals surface area contributed by atoms with Crippen LogP contribution in [0.3, 0.4) is 0 Å². The highest BCUT2D eigenvalue weighted by Crippen LogP contribution is 2.19. The molecule has 0 aliphatic heterocycles. The normalized spacial score (nSPS) is 11.9. The first-order chi connectivity index (χ1) is 8.90. The molecular formula is C18H18. The summed E-state index contributed by atoms with van der Waals surface area (Å²) in [5.74, 6) is 0. The maximum Gasteiger partial charge on any atom is -0.00198 e. The van der Waals surface area contributed by atoms with Gasteiger partial charge in [0.1, 0.15) is 0 Å². The SMILES string of the molecule is C/C=C/C=C(/Cc1ccccc1)c1ccccc1. The second-order valence-corrected chi connectivity index (χ2v) is 4.25. The summed E-state index contributed by atoms with van der Waals surface area (Å²) in [6, 6.07) is 21.1. The first kappa shape index (κ1) is 12.4. The van der Waals surface area contributed by atoms with Gasteiger partial charge in [0.15, 0.2) is 0 Å². The van der Waals surface area contributed by atoms with Gasteiger partial charge < -0.3 is 0 Å². The quantitative estimate of drug-likeness (QED) is 0.661. The molecule has 0 N–H and O–H groups in total. The fraction of sp³-hybridized carbons (Fsp3) is 0.111. The highest BCUT2D eigenvalue weighted by Gasteiger charge is 2.01. The van der Waals surface area contributed by atoms with Gasteiger partial charge >= 0.3 is 0 Å². The van der Waals surface area contributed by atoms with Gasteiger partial charge in [-0.3, -0.25) is 0 Å². The van der Waals surface area contributed by atoms with E-state index in [1.165, 1.54) is 16.7 Å². The molecule has 18 heavy (non-hydrogen) atoms. The van der Waals surface area contributed by atoms with E-state index in [-0.39, 0.29) is 0 Å². The molecule has 0 nitrogen and oxygen atoms in total. The molecule has 2 aromatic rings. The zero-order valence-electron chi connectivity index (χ0n) is 10.7. The van der Waals surface area contributed by atoms with E-state index < -0.39 is 0 Å². The summed E-state index contributed by atoms with van der Waals surface area (Å²) >= 11 is 0. The van der Waals surface area contributed by atoms with E-state index in [0.29, 0.717) is 0 Å². The minimum atomic E-state index is 0.967. The van der Waals surface area contributed by atoms with Crippen LogP contribution < -0.4 is 0 Å². The zero-order valence-corrected chi connectivity index (χ0v) is 10.7. The van der Waals surface area contributed by atoms with Gasteiger partial charge in [-0.15, -0.1) is 0 Å². The van der Waals surface area contributed by atoms with E-state index in [4.69, 9.17) is 0 Å². The van der Waals surface area contributed by atoms with Crippen molar-refractivity contribution in [3.8, 4) is 0 Å². The smallest absolute Gasteiger partial charge is 0.00198 e. The monoisotopic (exact) mass is 234 g/mol. The predicted octanol–water partition coefficient (Wildman–Crippen LogP) is 4.89. The Morgan fingerprint density at radius 1 is 0.889 bits per heavy atom. The van der Waals surface area contributed by atoms with Gasteiger partial charge in [-0.1, -0.05) is 78.9 Å². The minimum absolute atomic E-state index is 0.967. The van der Waals surface area contributed by atoms with Crippen LogP contribution in [0.15, 0.2) is 78.9 Å². The van der Waals surface area contributed by atoms with Crippen LogP contribution in [0, 0.1) is 0 Å². The molecule has 0 saturated heterocycles. The van der Waals surface area contributed by atoms with Crippen molar-refractivity contribution in [2.45, 2.75) is 13.3 Å². The Labute approximate surface area is 109 Å². The van der Waals surface area contributed by atoms with E-state index in [0.717, 1.165) is 6.42 Å². The molecule has 0 saturated carbocycles. The summed E-state index contributed by atoms with van der Waals surface area (Å²) in [7, 11) is 0.